The minimum atomic E-state index is 0.568. The molecular formula is C14H13BrN4S. The molecule has 4 rings (SSSR count). The van der Waals surface area contributed by atoms with Gasteiger partial charge >= 0.3 is 0 Å². The molecule has 1 aliphatic rings. The molecule has 6 heteroatoms. The second-order valence-corrected chi connectivity index (χ2v) is 7.08. The molecule has 0 unspecified atom stereocenters. The minimum absolute atomic E-state index is 0.568. The number of halogens is 1. The average Bonchev–Trinajstić information content (AvgIpc) is 3.08. The van der Waals surface area contributed by atoms with Gasteiger partial charge in [0.2, 0.25) is 0 Å². The van der Waals surface area contributed by atoms with Gasteiger partial charge in [-0.2, -0.15) is 0 Å². The third-order valence-electron chi connectivity index (χ3n) is 3.58. The van der Waals surface area contributed by atoms with Gasteiger partial charge in [0.05, 0.1) is 21.6 Å². The van der Waals surface area contributed by atoms with E-state index in [4.69, 9.17) is 10.7 Å². The maximum absolute atomic E-state index is 5.84. The topological polar surface area (TPSA) is 56.7 Å². The van der Waals surface area contributed by atoms with Crippen molar-refractivity contribution in [2.75, 3.05) is 5.73 Å². The van der Waals surface area contributed by atoms with Crippen LogP contribution in [-0.4, -0.2) is 14.5 Å². The molecule has 1 aliphatic carbocycles. The molecule has 0 radical (unpaired) electrons. The molecule has 20 heavy (non-hydrogen) atoms. The Hall–Kier alpha value is -1.40. The number of benzene rings is 1. The zero-order chi connectivity index (χ0) is 13.9. The number of imidazole rings is 1. The van der Waals surface area contributed by atoms with Crippen LogP contribution in [0.25, 0.3) is 21.7 Å². The molecule has 0 saturated heterocycles. The lowest BCUT2D eigenvalue weighted by Crippen LogP contribution is -1.97. The summed E-state index contributed by atoms with van der Waals surface area (Å²) in [6, 6.07) is 6.84. The highest BCUT2D eigenvalue weighted by Crippen LogP contribution is 2.43. The van der Waals surface area contributed by atoms with Crippen molar-refractivity contribution in [1.82, 2.24) is 14.5 Å². The molecule has 1 fully saturated rings. The van der Waals surface area contributed by atoms with Crippen LogP contribution in [0.3, 0.4) is 0 Å². The Labute approximate surface area is 128 Å². The van der Waals surface area contributed by atoms with Gasteiger partial charge in [0, 0.05) is 10.5 Å². The normalized spacial score (nSPS) is 15.1. The van der Waals surface area contributed by atoms with Gasteiger partial charge in [-0.3, -0.25) is 0 Å². The summed E-state index contributed by atoms with van der Waals surface area (Å²) in [5, 5.41) is 0.605. The molecule has 3 aromatic rings. The number of nitrogens with two attached hydrogens (primary N) is 1. The predicted octanol–water partition coefficient (Wildman–Crippen LogP) is 4.15. The molecular weight excluding hydrogens is 336 g/mol. The quantitative estimate of drug-likeness (QED) is 0.756. The summed E-state index contributed by atoms with van der Waals surface area (Å²) in [7, 11) is 0. The van der Waals surface area contributed by atoms with E-state index in [9.17, 15) is 0 Å². The van der Waals surface area contributed by atoms with Crippen molar-refractivity contribution in [1.29, 1.82) is 0 Å². The maximum atomic E-state index is 5.84. The number of thiazole rings is 1. The third kappa shape index (κ3) is 1.86. The van der Waals surface area contributed by atoms with Gasteiger partial charge < -0.3 is 10.3 Å². The first-order chi connectivity index (χ1) is 9.63. The molecule has 0 atom stereocenters. The molecule has 0 bridgehead atoms. The second kappa shape index (κ2) is 4.30. The number of aryl methyl sites for hydroxylation is 1. The van der Waals surface area contributed by atoms with Crippen LogP contribution in [0.1, 0.15) is 24.6 Å². The highest BCUT2D eigenvalue weighted by molar-refractivity contribution is 9.10. The van der Waals surface area contributed by atoms with E-state index >= 15 is 0 Å². The van der Waals surface area contributed by atoms with E-state index < -0.39 is 0 Å². The Morgan fingerprint density at radius 2 is 2.15 bits per heavy atom. The third-order valence-corrected chi connectivity index (χ3v) is 5.06. The van der Waals surface area contributed by atoms with Crippen molar-refractivity contribution < 1.29 is 0 Å². The first kappa shape index (κ1) is 12.3. The molecule has 0 aliphatic heterocycles. The lowest BCUT2D eigenvalue weighted by atomic mass is 10.3. The van der Waals surface area contributed by atoms with Gasteiger partial charge in [-0.15, -0.1) is 0 Å². The predicted molar refractivity (Wildman–Crippen MR) is 86.0 cm³/mol. The smallest absolute Gasteiger partial charge is 0.180 e. The van der Waals surface area contributed by atoms with Crippen LogP contribution in [0.5, 0.6) is 0 Å². The van der Waals surface area contributed by atoms with Gasteiger partial charge in [0.1, 0.15) is 0 Å². The van der Waals surface area contributed by atoms with Gasteiger partial charge in [-0.25, -0.2) is 9.97 Å². The molecule has 0 amide bonds. The molecule has 0 spiro atoms. The highest BCUT2D eigenvalue weighted by Gasteiger charge is 2.30. The largest absolute Gasteiger partial charge is 0.375 e. The van der Waals surface area contributed by atoms with Crippen molar-refractivity contribution in [2.24, 2.45) is 0 Å². The standard InChI is InChI=1S/C14H13BrN4S/c1-7-12(20-14(16)17-7)13-18-10-6-8(15)2-5-11(10)19(13)9-3-4-9/h2,5-6,9H,3-4H2,1H3,(H2,16,17). The fourth-order valence-corrected chi connectivity index (χ4v) is 3.73. The number of hydrogen-bond acceptors (Lipinski definition) is 4. The van der Waals surface area contributed by atoms with Crippen LogP contribution in [0, 0.1) is 6.92 Å². The zero-order valence-electron chi connectivity index (χ0n) is 10.9. The number of nitrogen functional groups attached to an aromatic ring is 1. The summed E-state index contributed by atoms with van der Waals surface area (Å²) in [6.07, 6.45) is 2.45. The number of anilines is 1. The zero-order valence-corrected chi connectivity index (χ0v) is 13.3. The van der Waals surface area contributed by atoms with Crippen molar-refractivity contribution in [3.8, 4) is 10.7 Å². The Morgan fingerprint density at radius 1 is 1.35 bits per heavy atom. The fraction of sp³-hybridized carbons (Fsp3) is 0.286. The van der Waals surface area contributed by atoms with Crippen LogP contribution in [0.4, 0.5) is 5.13 Å². The molecule has 4 nitrogen and oxygen atoms in total. The van der Waals surface area contributed by atoms with Gasteiger partial charge in [0.15, 0.2) is 11.0 Å². The van der Waals surface area contributed by atoms with Crippen molar-refractivity contribution in [2.45, 2.75) is 25.8 Å². The fourth-order valence-electron chi connectivity index (χ4n) is 2.56. The van der Waals surface area contributed by atoms with Gasteiger partial charge in [-0.05, 0) is 38.0 Å². The van der Waals surface area contributed by atoms with Crippen LogP contribution in [0.2, 0.25) is 0 Å². The van der Waals surface area contributed by atoms with Crippen LogP contribution >= 0.6 is 27.3 Å². The van der Waals surface area contributed by atoms with E-state index in [0.717, 1.165) is 26.4 Å². The lowest BCUT2D eigenvalue weighted by molar-refractivity contribution is 0.776. The van der Waals surface area contributed by atoms with Crippen molar-refractivity contribution >= 4 is 43.4 Å². The SMILES string of the molecule is Cc1nc(N)sc1-c1nc2cc(Br)ccc2n1C1CC1. The highest BCUT2D eigenvalue weighted by atomic mass is 79.9. The minimum Gasteiger partial charge on any atom is -0.375 e. The number of nitrogens with zero attached hydrogens (tertiary/aromatic N) is 3. The second-order valence-electron chi connectivity index (χ2n) is 5.14. The van der Waals surface area contributed by atoms with E-state index in [1.54, 1.807) is 0 Å². The summed E-state index contributed by atoms with van der Waals surface area (Å²) in [6.45, 7) is 1.99. The average molecular weight is 349 g/mol. The summed E-state index contributed by atoms with van der Waals surface area (Å²) in [5.74, 6) is 1.01. The van der Waals surface area contributed by atoms with Crippen LogP contribution in [-0.2, 0) is 0 Å². The van der Waals surface area contributed by atoms with E-state index in [1.807, 2.05) is 6.92 Å². The maximum Gasteiger partial charge on any atom is 0.180 e. The summed E-state index contributed by atoms with van der Waals surface area (Å²) >= 11 is 5.03. The van der Waals surface area contributed by atoms with E-state index in [1.165, 1.54) is 29.7 Å². The van der Waals surface area contributed by atoms with Gasteiger partial charge in [-0.1, -0.05) is 27.3 Å². The van der Waals surface area contributed by atoms with E-state index in [0.29, 0.717) is 11.2 Å². The number of hydrogen-bond donors (Lipinski definition) is 1. The number of aromatic nitrogens is 3. The Bertz CT molecular complexity index is 816. The van der Waals surface area contributed by atoms with E-state index in [-0.39, 0.29) is 0 Å². The summed E-state index contributed by atoms with van der Waals surface area (Å²) < 4.78 is 3.40. The molecule has 2 heterocycles. The Morgan fingerprint density at radius 3 is 2.80 bits per heavy atom. The van der Waals surface area contributed by atoms with Crippen LogP contribution in [0.15, 0.2) is 22.7 Å². The number of fused-ring (bicyclic) bond motifs is 1. The summed E-state index contributed by atoms with van der Waals surface area (Å²) in [5.41, 5.74) is 9.01. The van der Waals surface area contributed by atoms with E-state index in [2.05, 4.69) is 43.7 Å². The Balaban J connectivity index is 2.03. The molecule has 102 valence electrons. The van der Waals surface area contributed by atoms with Gasteiger partial charge in [0.25, 0.3) is 0 Å². The van der Waals surface area contributed by atoms with Crippen molar-refractivity contribution in [3.63, 3.8) is 0 Å². The summed E-state index contributed by atoms with van der Waals surface area (Å²) in [4.78, 5) is 10.2. The van der Waals surface area contributed by atoms with Crippen LogP contribution < -0.4 is 5.73 Å². The first-order valence-electron chi connectivity index (χ1n) is 6.54. The first-order valence-corrected chi connectivity index (χ1v) is 8.15. The lowest BCUT2D eigenvalue weighted by Gasteiger charge is -2.06. The molecule has 2 N–H and O–H groups in total. The number of rotatable bonds is 2. The molecule has 1 aromatic carbocycles. The monoisotopic (exact) mass is 348 g/mol. The van der Waals surface area contributed by atoms with Crippen molar-refractivity contribution in [3.05, 3.63) is 28.4 Å². The molecule has 2 aromatic heterocycles. The Kier molecular flexibility index (Phi) is 2.65. The molecule has 1 saturated carbocycles.